The van der Waals surface area contributed by atoms with Gasteiger partial charge in [0, 0.05) is 24.4 Å². The van der Waals surface area contributed by atoms with Crippen LogP contribution in [0.3, 0.4) is 0 Å². The number of hydrogen-bond acceptors (Lipinski definition) is 3. The van der Waals surface area contributed by atoms with Crippen LogP contribution in [0.4, 0.5) is 0 Å². The zero-order chi connectivity index (χ0) is 13.6. The summed E-state index contributed by atoms with van der Waals surface area (Å²) in [6.45, 7) is 7.68. The summed E-state index contributed by atoms with van der Waals surface area (Å²) in [4.78, 5) is 14.2. The molecule has 1 aliphatic heterocycles. The van der Waals surface area contributed by atoms with Crippen LogP contribution in [0.15, 0.2) is 5.16 Å². The van der Waals surface area contributed by atoms with E-state index in [4.69, 9.17) is 10.9 Å². The summed E-state index contributed by atoms with van der Waals surface area (Å²) in [7, 11) is 0. The predicted octanol–water partition coefficient (Wildman–Crippen LogP) is 1.41. The van der Waals surface area contributed by atoms with Crippen molar-refractivity contribution in [1.82, 2.24) is 4.90 Å². The molecular weight excluding hydrogens is 230 g/mol. The molecule has 5 heteroatoms. The van der Waals surface area contributed by atoms with Gasteiger partial charge in [-0.05, 0) is 24.7 Å². The molecule has 0 aromatic heterocycles. The number of nitrogens with zero attached hydrogens (tertiary/aromatic N) is 2. The van der Waals surface area contributed by atoms with Crippen molar-refractivity contribution in [2.45, 2.75) is 40.0 Å². The summed E-state index contributed by atoms with van der Waals surface area (Å²) >= 11 is 0. The van der Waals surface area contributed by atoms with Crippen LogP contribution in [-0.4, -0.2) is 34.9 Å². The van der Waals surface area contributed by atoms with Gasteiger partial charge in [-0.1, -0.05) is 25.9 Å². The highest BCUT2D eigenvalue weighted by Crippen LogP contribution is 2.52. The third-order valence-corrected chi connectivity index (χ3v) is 4.72. The number of carbonyl (C=O) groups excluding carboxylic acids is 1. The fraction of sp³-hybridized carbons (Fsp3) is 0.846. The molecule has 18 heavy (non-hydrogen) atoms. The second-order valence-corrected chi connectivity index (χ2v) is 6.62. The number of piperidine rings is 1. The molecule has 1 saturated heterocycles. The van der Waals surface area contributed by atoms with Gasteiger partial charge < -0.3 is 15.8 Å². The van der Waals surface area contributed by atoms with Gasteiger partial charge in [0.2, 0.25) is 5.91 Å². The molecule has 1 heterocycles. The molecule has 2 rings (SSSR count). The Morgan fingerprint density at radius 3 is 2.22 bits per heavy atom. The second kappa shape index (κ2) is 4.14. The van der Waals surface area contributed by atoms with E-state index in [9.17, 15) is 4.79 Å². The van der Waals surface area contributed by atoms with Crippen molar-refractivity contribution < 1.29 is 10.0 Å². The summed E-state index contributed by atoms with van der Waals surface area (Å²) in [6, 6.07) is 0. The van der Waals surface area contributed by atoms with Gasteiger partial charge in [0.1, 0.15) is 5.84 Å². The topological polar surface area (TPSA) is 78.9 Å². The fourth-order valence-corrected chi connectivity index (χ4v) is 2.71. The lowest BCUT2D eigenvalue weighted by Crippen LogP contribution is -2.48. The first-order valence-electron chi connectivity index (χ1n) is 6.57. The van der Waals surface area contributed by atoms with Crippen LogP contribution in [-0.2, 0) is 4.79 Å². The first kappa shape index (κ1) is 13.2. The Morgan fingerprint density at radius 1 is 1.33 bits per heavy atom. The standard InChI is InChI=1S/C13H23N3O2/c1-12(2)8-9(12)10(17)16-6-4-13(3,5-7-16)11(14)15-18/h9,18H,4-8H2,1-3H3,(H2,14,15). The number of likely N-dealkylation sites (tertiary alicyclic amines) is 1. The SMILES string of the molecule is CC1(C(N)=NO)CCN(C(=O)C2CC2(C)C)CC1. The third kappa shape index (κ3) is 2.18. The van der Waals surface area contributed by atoms with Crippen molar-refractivity contribution in [2.24, 2.45) is 27.6 Å². The van der Waals surface area contributed by atoms with Crippen molar-refractivity contribution >= 4 is 11.7 Å². The summed E-state index contributed by atoms with van der Waals surface area (Å²) < 4.78 is 0. The Labute approximate surface area is 108 Å². The molecule has 5 nitrogen and oxygen atoms in total. The van der Waals surface area contributed by atoms with Gasteiger partial charge in [0.05, 0.1) is 0 Å². The van der Waals surface area contributed by atoms with Crippen molar-refractivity contribution in [2.75, 3.05) is 13.1 Å². The lowest BCUT2D eigenvalue weighted by atomic mass is 9.79. The van der Waals surface area contributed by atoms with Crippen LogP contribution in [0.5, 0.6) is 0 Å². The lowest BCUT2D eigenvalue weighted by Gasteiger charge is -2.38. The molecule has 0 spiro atoms. The molecule has 2 fully saturated rings. The van der Waals surface area contributed by atoms with Gasteiger partial charge in [-0.2, -0.15) is 0 Å². The van der Waals surface area contributed by atoms with E-state index in [1.165, 1.54) is 0 Å². The van der Waals surface area contributed by atoms with Crippen molar-refractivity contribution in [1.29, 1.82) is 0 Å². The van der Waals surface area contributed by atoms with E-state index in [-0.39, 0.29) is 28.5 Å². The summed E-state index contributed by atoms with van der Waals surface area (Å²) in [6.07, 6.45) is 2.53. The molecule has 1 amide bonds. The summed E-state index contributed by atoms with van der Waals surface area (Å²) in [5.74, 6) is 0.758. The Bertz CT molecular complexity index is 382. The van der Waals surface area contributed by atoms with E-state index in [0.29, 0.717) is 13.1 Å². The molecule has 1 saturated carbocycles. The van der Waals surface area contributed by atoms with E-state index in [0.717, 1.165) is 19.3 Å². The van der Waals surface area contributed by atoms with Gasteiger partial charge in [-0.25, -0.2) is 0 Å². The van der Waals surface area contributed by atoms with Crippen LogP contribution in [0, 0.1) is 16.7 Å². The molecule has 1 unspecified atom stereocenters. The molecule has 1 aliphatic carbocycles. The highest BCUT2D eigenvalue weighted by Gasteiger charge is 2.52. The van der Waals surface area contributed by atoms with Gasteiger partial charge in [0.25, 0.3) is 0 Å². The molecule has 102 valence electrons. The normalized spacial score (nSPS) is 30.1. The minimum atomic E-state index is -0.273. The Morgan fingerprint density at radius 2 is 1.83 bits per heavy atom. The van der Waals surface area contributed by atoms with Crippen molar-refractivity contribution in [3.05, 3.63) is 0 Å². The summed E-state index contributed by atoms with van der Waals surface area (Å²) in [5, 5.41) is 11.9. The first-order chi connectivity index (χ1) is 8.30. The van der Waals surface area contributed by atoms with E-state index >= 15 is 0 Å². The second-order valence-electron chi connectivity index (χ2n) is 6.62. The Hall–Kier alpha value is -1.26. The number of hydrogen-bond donors (Lipinski definition) is 2. The zero-order valence-electron chi connectivity index (χ0n) is 11.4. The number of carbonyl (C=O) groups is 1. The van der Waals surface area contributed by atoms with Crippen LogP contribution < -0.4 is 5.73 Å². The lowest BCUT2D eigenvalue weighted by molar-refractivity contribution is -0.135. The molecule has 0 aromatic rings. The largest absolute Gasteiger partial charge is 0.409 e. The number of amides is 1. The zero-order valence-corrected chi connectivity index (χ0v) is 11.4. The summed E-state index contributed by atoms with van der Waals surface area (Å²) in [5.41, 5.74) is 5.63. The Kier molecular flexibility index (Phi) is 3.03. The number of rotatable bonds is 2. The molecular formula is C13H23N3O2. The third-order valence-electron chi connectivity index (χ3n) is 4.72. The number of oxime groups is 1. The molecule has 0 bridgehead atoms. The molecule has 1 atom stereocenters. The molecule has 3 N–H and O–H groups in total. The van der Waals surface area contributed by atoms with Crippen molar-refractivity contribution in [3.8, 4) is 0 Å². The quantitative estimate of drug-likeness (QED) is 0.338. The van der Waals surface area contributed by atoms with E-state index < -0.39 is 0 Å². The monoisotopic (exact) mass is 253 g/mol. The van der Waals surface area contributed by atoms with Crippen LogP contribution >= 0.6 is 0 Å². The van der Waals surface area contributed by atoms with Gasteiger partial charge in [0.15, 0.2) is 0 Å². The smallest absolute Gasteiger partial charge is 0.226 e. The Balaban J connectivity index is 1.93. The molecule has 0 radical (unpaired) electrons. The molecule has 2 aliphatic rings. The fourth-order valence-electron chi connectivity index (χ4n) is 2.71. The highest BCUT2D eigenvalue weighted by molar-refractivity contribution is 5.86. The average Bonchev–Trinajstić information content (AvgIpc) is 2.97. The molecule has 0 aromatic carbocycles. The van der Waals surface area contributed by atoms with Crippen LogP contribution in [0.1, 0.15) is 40.0 Å². The maximum atomic E-state index is 12.2. The highest BCUT2D eigenvalue weighted by atomic mass is 16.4. The number of nitrogens with two attached hydrogens (primary N) is 1. The average molecular weight is 253 g/mol. The van der Waals surface area contributed by atoms with E-state index in [1.54, 1.807) is 0 Å². The van der Waals surface area contributed by atoms with E-state index in [2.05, 4.69) is 19.0 Å². The minimum Gasteiger partial charge on any atom is -0.409 e. The van der Waals surface area contributed by atoms with Crippen LogP contribution in [0.25, 0.3) is 0 Å². The van der Waals surface area contributed by atoms with Crippen LogP contribution in [0.2, 0.25) is 0 Å². The van der Waals surface area contributed by atoms with Gasteiger partial charge in [-0.3, -0.25) is 4.79 Å². The first-order valence-corrected chi connectivity index (χ1v) is 6.57. The maximum Gasteiger partial charge on any atom is 0.226 e. The van der Waals surface area contributed by atoms with E-state index in [1.807, 2.05) is 11.8 Å². The number of amidine groups is 1. The van der Waals surface area contributed by atoms with Crippen molar-refractivity contribution in [3.63, 3.8) is 0 Å². The van der Waals surface area contributed by atoms with Gasteiger partial charge >= 0.3 is 0 Å². The van der Waals surface area contributed by atoms with Gasteiger partial charge in [-0.15, -0.1) is 0 Å². The minimum absolute atomic E-state index is 0.184. The maximum absolute atomic E-state index is 12.2. The predicted molar refractivity (Wildman–Crippen MR) is 69.2 cm³/mol.